The van der Waals surface area contributed by atoms with E-state index >= 15 is 0 Å². The SMILES string of the molecule is C#CCn1c(=NC(=O)/C=C\c2ccc3c(c2)OCO3)sc2cc(OC)c(OC)cc21. The summed E-state index contributed by atoms with van der Waals surface area (Å²) < 4.78 is 24.1. The van der Waals surface area contributed by atoms with Crippen LogP contribution in [0.15, 0.2) is 41.4 Å². The highest BCUT2D eigenvalue weighted by atomic mass is 32.1. The third-order valence-corrected chi connectivity index (χ3v) is 5.50. The van der Waals surface area contributed by atoms with Crippen molar-refractivity contribution in [2.45, 2.75) is 6.54 Å². The van der Waals surface area contributed by atoms with Gasteiger partial charge in [0, 0.05) is 18.2 Å². The average molecular weight is 422 g/mol. The Kier molecular flexibility index (Phi) is 5.46. The lowest BCUT2D eigenvalue weighted by Gasteiger charge is -2.08. The Labute approximate surface area is 176 Å². The largest absolute Gasteiger partial charge is 0.493 e. The van der Waals surface area contributed by atoms with Crippen LogP contribution in [0.4, 0.5) is 0 Å². The normalized spacial score (nSPS) is 13.0. The standard InChI is InChI=1S/C22H18N2O5S/c1-4-9-24-15-11-17(26-2)18(27-3)12-20(15)30-22(24)23-21(25)8-6-14-5-7-16-19(10-14)29-13-28-16/h1,5-8,10-12H,9,13H2,2-3H3/b8-6-,23-22?. The molecule has 0 radical (unpaired) electrons. The first kappa shape index (κ1) is 19.6. The van der Waals surface area contributed by atoms with E-state index < -0.39 is 5.91 Å². The Hall–Kier alpha value is -3.70. The van der Waals surface area contributed by atoms with Crippen LogP contribution in [0.25, 0.3) is 16.3 Å². The fraction of sp³-hybridized carbons (Fsp3) is 0.182. The van der Waals surface area contributed by atoms with E-state index in [1.807, 2.05) is 24.3 Å². The molecule has 1 aromatic heterocycles. The summed E-state index contributed by atoms with van der Waals surface area (Å²) in [5.74, 6) is 4.72. The summed E-state index contributed by atoms with van der Waals surface area (Å²) in [4.78, 5) is 17.2. The van der Waals surface area contributed by atoms with Gasteiger partial charge in [-0.1, -0.05) is 23.3 Å². The van der Waals surface area contributed by atoms with E-state index in [-0.39, 0.29) is 13.3 Å². The van der Waals surface area contributed by atoms with Gasteiger partial charge in [0.25, 0.3) is 5.91 Å². The van der Waals surface area contributed by atoms with Crippen molar-refractivity contribution in [1.82, 2.24) is 4.57 Å². The molecule has 8 heteroatoms. The first-order valence-corrected chi connectivity index (χ1v) is 9.80. The van der Waals surface area contributed by atoms with Crippen LogP contribution in [0.1, 0.15) is 5.56 Å². The van der Waals surface area contributed by atoms with E-state index in [0.29, 0.717) is 27.8 Å². The van der Waals surface area contributed by atoms with Crippen molar-refractivity contribution in [1.29, 1.82) is 0 Å². The molecule has 0 bridgehead atoms. The minimum absolute atomic E-state index is 0.202. The van der Waals surface area contributed by atoms with Crippen LogP contribution in [0, 0.1) is 12.3 Å². The van der Waals surface area contributed by atoms with E-state index in [9.17, 15) is 4.79 Å². The summed E-state index contributed by atoms with van der Waals surface area (Å²) in [6.45, 7) is 0.473. The molecule has 7 nitrogen and oxygen atoms in total. The monoisotopic (exact) mass is 422 g/mol. The first-order chi connectivity index (χ1) is 14.6. The summed E-state index contributed by atoms with van der Waals surface area (Å²) in [6, 6.07) is 9.12. The zero-order chi connectivity index (χ0) is 21.1. The van der Waals surface area contributed by atoms with Crippen molar-refractivity contribution in [2.24, 2.45) is 4.99 Å². The summed E-state index contributed by atoms with van der Waals surface area (Å²) in [5, 5.41) is 0. The van der Waals surface area contributed by atoms with Gasteiger partial charge in [0.15, 0.2) is 27.8 Å². The predicted octanol–water partition coefficient (Wildman–Crippen LogP) is 3.22. The van der Waals surface area contributed by atoms with Crippen molar-refractivity contribution in [3.63, 3.8) is 0 Å². The van der Waals surface area contributed by atoms with E-state index in [2.05, 4.69) is 10.9 Å². The molecule has 0 saturated heterocycles. The average Bonchev–Trinajstić information content (AvgIpc) is 3.35. The molecule has 0 saturated carbocycles. The lowest BCUT2D eigenvalue weighted by molar-refractivity contribution is -0.113. The predicted molar refractivity (Wildman–Crippen MR) is 114 cm³/mol. The molecule has 0 fully saturated rings. The highest BCUT2D eigenvalue weighted by Crippen LogP contribution is 2.34. The lowest BCUT2D eigenvalue weighted by atomic mass is 10.2. The van der Waals surface area contributed by atoms with Gasteiger partial charge in [-0.05, 0) is 23.8 Å². The van der Waals surface area contributed by atoms with Gasteiger partial charge in [-0.25, -0.2) is 0 Å². The van der Waals surface area contributed by atoms with Crippen LogP contribution in [0.3, 0.4) is 0 Å². The molecule has 1 aliphatic rings. The number of thiazole rings is 1. The van der Waals surface area contributed by atoms with Crippen molar-refractivity contribution in [3.8, 4) is 35.3 Å². The molecule has 0 unspecified atom stereocenters. The van der Waals surface area contributed by atoms with Gasteiger partial charge in [0.1, 0.15) is 0 Å². The number of rotatable bonds is 5. The summed E-state index contributed by atoms with van der Waals surface area (Å²) in [5.41, 5.74) is 1.63. The second-order valence-electron chi connectivity index (χ2n) is 6.25. The summed E-state index contributed by atoms with van der Waals surface area (Å²) >= 11 is 1.35. The number of nitrogens with zero attached hydrogens (tertiary/aromatic N) is 2. The van der Waals surface area contributed by atoms with Crippen LogP contribution >= 0.6 is 11.3 Å². The Morgan fingerprint density at radius 1 is 1.23 bits per heavy atom. The number of carbonyl (C=O) groups is 1. The molecule has 2 heterocycles. The first-order valence-electron chi connectivity index (χ1n) is 8.98. The number of ether oxygens (including phenoxy) is 4. The topological polar surface area (TPSA) is 71.3 Å². The fourth-order valence-corrected chi connectivity index (χ4v) is 4.09. The van der Waals surface area contributed by atoms with E-state index in [4.69, 9.17) is 25.4 Å². The number of methoxy groups -OCH3 is 2. The second kappa shape index (κ2) is 8.35. The van der Waals surface area contributed by atoms with Crippen LogP contribution in [0.2, 0.25) is 0 Å². The number of terminal acetylenes is 1. The number of carbonyl (C=O) groups excluding carboxylic acids is 1. The molecule has 0 N–H and O–H groups in total. The van der Waals surface area contributed by atoms with E-state index in [1.165, 1.54) is 17.4 Å². The maximum atomic E-state index is 12.5. The molecule has 1 aliphatic heterocycles. The molecule has 3 aromatic rings. The molecule has 1 amide bonds. The zero-order valence-corrected chi connectivity index (χ0v) is 17.2. The number of hydrogen-bond acceptors (Lipinski definition) is 6. The van der Waals surface area contributed by atoms with Gasteiger partial charge in [0.2, 0.25) is 6.79 Å². The number of aromatic nitrogens is 1. The van der Waals surface area contributed by atoms with Crippen molar-refractivity contribution < 1.29 is 23.7 Å². The van der Waals surface area contributed by atoms with E-state index in [1.54, 1.807) is 30.9 Å². The lowest BCUT2D eigenvalue weighted by Crippen LogP contribution is -2.15. The third-order valence-electron chi connectivity index (χ3n) is 4.46. The molecule has 4 rings (SSSR count). The highest BCUT2D eigenvalue weighted by Gasteiger charge is 2.14. The second-order valence-corrected chi connectivity index (χ2v) is 7.25. The number of fused-ring (bicyclic) bond motifs is 2. The van der Waals surface area contributed by atoms with Crippen molar-refractivity contribution in [3.05, 3.63) is 46.8 Å². The van der Waals surface area contributed by atoms with Crippen molar-refractivity contribution in [2.75, 3.05) is 21.0 Å². The Morgan fingerprint density at radius 2 is 2.00 bits per heavy atom. The maximum absolute atomic E-state index is 12.5. The van der Waals surface area contributed by atoms with E-state index in [0.717, 1.165) is 15.8 Å². The number of benzene rings is 2. The minimum Gasteiger partial charge on any atom is -0.493 e. The van der Waals surface area contributed by atoms with Gasteiger partial charge in [-0.2, -0.15) is 4.99 Å². The molecule has 30 heavy (non-hydrogen) atoms. The molecule has 0 atom stereocenters. The molecular weight excluding hydrogens is 404 g/mol. The summed E-state index contributed by atoms with van der Waals surface area (Å²) in [7, 11) is 3.14. The maximum Gasteiger partial charge on any atom is 0.272 e. The highest BCUT2D eigenvalue weighted by molar-refractivity contribution is 7.16. The molecule has 2 aromatic carbocycles. The van der Waals surface area contributed by atoms with Crippen LogP contribution in [-0.4, -0.2) is 31.5 Å². The molecule has 152 valence electrons. The Balaban J connectivity index is 1.69. The van der Waals surface area contributed by atoms with Crippen LogP contribution in [-0.2, 0) is 11.3 Å². The third kappa shape index (κ3) is 3.75. The number of amides is 1. The van der Waals surface area contributed by atoms with Gasteiger partial charge < -0.3 is 23.5 Å². The summed E-state index contributed by atoms with van der Waals surface area (Å²) in [6.07, 6.45) is 8.62. The number of hydrogen-bond donors (Lipinski definition) is 0. The van der Waals surface area contributed by atoms with Gasteiger partial charge in [-0.3, -0.25) is 4.79 Å². The van der Waals surface area contributed by atoms with Crippen LogP contribution < -0.4 is 23.7 Å². The molecule has 0 spiro atoms. The van der Waals surface area contributed by atoms with Crippen molar-refractivity contribution >= 4 is 33.5 Å². The quantitative estimate of drug-likeness (QED) is 0.466. The smallest absolute Gasteiger partial charge is 0.272 e. The fourth-order valence-electron chi connectivity index (χ4n) is 3.04. The Morgan fingerprint density at radius 3 is 2.77 bits per heavy atom. The van der Waals surface area contributed by atoms with Gasteiger partial charge in [0.05, 0.1) is 31.0 Å². The van der Waals surface area contributed by atoms with Gasteiger partial charge in [-0.15, -0.1) is 6.42 Å². The molecular formula is C22H18N2O5S. The van der Waals surface area contributed by atoms with Crippen LogP contribution in [0.5, 0.6) is 23.0 Å². The minimum atomic E-state index is -0.399. The Bertz CT molecular complexity index is 1260. The molecule has 0 aliphatic carbocycles. The van der Waals surface area contributed by atoms with Gasteiger partial charge >= 0.3 is 0 Å². The zero-order valence-electron chi connectivity index (χ0n) is 16.4.